The third-order valence-electron chi connectivity index (χ3n) is 4.15. The highest BCUT2D eigenvalue weighted by atomic mass is 16.7. The number of hydrogen-bond donors (Lipinski definition) is 1. The van der Waals surface area contributed by atoms with Crippen molar-refractivity contribution in [2.45, 2.75) is 13.0 Å². The van der Waals surface area contributed by atoms with E-state index in [-0.39, 0.29) is 12.4 Å². The second-order valence-corrected chi connectivity index (χ2v) is 6.09. The number of esters is 1. The van der Waals surface area contributed by atoms with E-state index in [2.05, 4.69) is 5.32 Å². The maximum atomic E-state index is 12.3. The number of amides is 1. The largest absolute Gasteiger partial charge is 0.454 e. The van der Waals surface area contributed by atoms with Gasteiger partial charge in [-0.3, -0.25) is 4.79 Å². The van der Waals surface area contributed by atoms with Gasteiger partial charge in [-0.05, 0) is 31.2 Å². The summed E-state index contributed by atoms with van der Waals surface area (Å²) in [6.07, 6.45) is -1.14. The molecule has 4 rings (SSSR count). The van der Waals surface area contributed by atoms with Crippen LogP contribution in [0.1, 0.15) is 17.3 Å². The van der Waals surface area contributed by atoms with Crippen LogP contribution in [0.15, 0.2) is 57.7 Å². The molecule has 1 aliphatic heterocycles. The Morgan fingerprint density at radius 1 is 1.07 bits per heavy atom. The molecule has 0 fully saturated rings. The monoisotopic (exact) mass is 381 g/mol. The minimum atomic E-state index is -1.14. The highest BCUT2D eigenvalue weighted by Crippen LogP contribution is 2.34. The topological polar surface area (TPSA) is 104 Å². The zero-order valence-electron chi connectivity index (χ0n) is 14.8. The Bertz CT molecular complexity index is 1130. The number of carbonyl (C=O) groups is 2. The fourth-order valence-electron chi connectivity index (χ4n) is 2.70. The number of nitrogens with one attached hydrogen (secondary N) is 1. The van der Waals surface area contributed by atoms with E-state index in [1.54, 1.807) is 42.5 Å². The maximum Gasteiger partial charge on any atom is 0.351 e. The van der Waals surface area contributed by atoms with Gasteiger partial charge in [-0.25, -0.2) is 9.59 Å². The van der Waals surface area contributed by atoms with E-state index in [1.807, 2.05) is 0 Å². The van der Waals surface area contributed by atoms with Crippen LogP contribution in [0.2, 0.25) is 0 Å². The summed E-state index contributed by atoms with van der Waals surface area (Å²) in [6.45, 7) is 1.53. The molecule has 0 saturated heterocycles. The standard InChI is InChI=1S/C20H15NO7/c1-11(18(22)21-13-6-7-16-17(9-13)26-10-25-16)27-19(23)14-8-12-4-2-3-5-15(12)28-20(14)24/h2-9,11H,10H2,1H3,(H,21,22)/t11-/m1/s1. The molecule has 1 atom stereocenters. The van der Waals surface area contributed by atoms with E-state index < -0.39 is 23.6 Å². The van der Waals surface area contributed by atoms with E-state index in [0.29, 0.717) is 28.2 Å². The normalized spacial score (nSPS) is 13.2. The highest BCUT2D eigenvalue weighted by Gasteiger charge is 2.23. The number of ether oxygens (including phenoxy) is 3. The van der Waals surface area contributed by atoms with Gasteiger partial charge < -0.3 is 23.9 Å². The van der Waals surface area contributed by atoms with Gasteiger partial charge in [0.2, 0.25) is 6.79 Å². The van der Waals surface area contributed by atoms with Gasteiger partial charge in [-0.15, -0.1) is 0 Å². The van der Waals surface area contributed by atoms with Crippen molar-refractivity contribution in [1.82, 2.24) is 0 Å². The summed E-state index contributed by atoms with van der Waals surface area (Å²) in [5.74, 6) is -0.401. The van der Waals surface area contributed by atoms with Crippen molar-refractivity contribution in [3.05, 3.63) is 64.5 Å². The van der Waals surface area contributed by atoms with Crippen molar-refractivity contribution >= 4 is 28.5 Å². The third kappa shape index (κ3) is 3.39. The SMILES string of the molecule is C[C@@H](OC(=O)c1cc2ccccc2oc1=O)C(=O)Nc1ccc2c(c1)OCO2. The summed E-state index contributed by atoms with van der Waals surface area (Å²) < 4.78 is 20.7. The molecule has 8 nitrogen and oxygen atoms in total. The number of fused-ring (bicyclic) bond motifs is 2. The van der Waals surface area contributed by atoms with Crippen LogP contribution in [-0.4, -0.2) is 24.8 Å². The van der Waals surface area contributed by atoms with E-state index in [9.17, 15) is 14.4 Å². The first-order chi connectivity index (χ1) is 13.5. The first-order valence-electron chi connectivity index (χ1n) is 8.45. The molecule has 3 aromatic rings. The summed E-state index contributed by atoms with van der Waals surface area (Å²) in [6, 6.07) is 13.1. The zero-order valence-corrected chi connectivity index (χ0v) is 14.8. The molecular formula is C20H15NO7. The molecule has 1 amide bonds. The summed E-state index contributed by atoms with van der Waals surface area (Å²) in [5, 5.41) is 3.19. The molecule has 2 aromatic carbocycles. The Balaban J connectivity index is 1.46. The number of rotatable bonds is 4. The van der Waals surface area contributed by atoms with Crippen molar-refractivity contribution in [3.63, 3.8) is 0 Å². The molecule has 142 valence electrons. The van der Waals surface area contributed by atoms with Crippen LogP contribution in [0.3, 0.4) is 0 Å². The Kier molecular flexibility index (Phi) is 4.44. The van der Waals surface area contributed by atoms with Crippen molar-refractivity contribution in [2.75, 3.05) is 12.1 Å². The van der Waals surface area contributed by atoms with Gasteiger partial charge in [0.15, 0.2) is 17.6 Å². The quantitative estimate of drug-likeness (QED) is 0.547. The minimum Gasteiger partial charge on any atom is -0.454 e. The minimum absolute atomic E-state index is 0.120. The van der Waals surface area contributed by atoms with Crippen LogP contribution < -0.4 is 20.4 Å². The van der Waals surface area contributed by atoms with E-state index >= 15 is 0 Å². The van der Waals surface area contributed by atoms with E-state index in [4.69, 9.17) is 18.6 Å². The molecule has 0 radical (unpaired) electrons. The van der Waals surface area contributed by atoms with Crippen LogP contribution >= 0.6 is 0 Å². The first kappa shape index (κ1) is 17.6. The van der Waals surface area contributed by atoms with Gasteiger partial charge in [0, 0.05) is 17.1 Å². The number of para-hydroxylation sites is 1. The lowest BCUT2D eigenvalue weighted by molar-refractivity contribution is -0.123. The fourth-order valence-corrected chi connectivity index (χ4v) is 2.70. The van der Waals surface area contributed by atoms with Gasteiger partial charge in [0.1, 0.15) is 11.1 Å². The third-order valence-corrected chi connectivity index (χ3v) is 4.15. The number of benzene rings is 2. The Labute approximate surface area is 158 Å². The second-order valence-electron chi connectivity index (χ2n) is 6.09. The molecule has 0 spiro atoms. The van der Waals surface area contributed by atoms with E-state index in [0.717, 1.165) is 0 Å². The van der Waals surface area contributed by atoms with Crippen LogP contribution in [0.5, 0.6) is 11.5 Å². The van der Waals surface area contributed by atoms with Crippen LogP contribution in [0.25, 0.3) is 11.0 Å². The molecule has 0 bridgehead atoms. The predicted octanol–water partition coefficient (Wildman–Crippen LogP) is 2.71. The molecule has 2 heterocycles. The highest BCUT2D eigenvalue weighted by molar-refractivity contribution is 5.98. The molecule has 28 heavy (non-hydrogen) atoms. The summed E-state index contributed by atoms with van der Waals surface area (Å²) in [7, 11) is 0. The zero-order chi connectivity index (χ0) is 19.7. The molecular weight excluding hydrogens is 366 g/mol. The van der Waals surface area contributed by atoms with Crippen molar-refractivity contribution in [2.24, 2.45) is 0 Å². The van der Waals surface area contributed by atoms with Crippen molar-refractivity contribution in [1.29, 1.82) is 0 Å². The van der Waals surface area contributed by atoms with Gasteiger partial charge in [-0.2, -0.15) is 0 Å². The lowest BCUT2D eigenvalue weighted by Gasteiger charge is -2.13. The van der Waals surface area contributed by atoms with Gasteiger partial charge >= 0.3 is 11.6 Å². The van der Waals surface area contributed by atoms with Crippen LogP contribution in [0, 0.1) is 0 Å². The number of hydrogen-bond acceptors (Lipinski definition) is 7. The van der Waals surface area contributed by atoms with Gasteiger partial charge in [-0.1, -0.05) is 18.2 Å². The molecule has 0 aliphatic carbocycles. The Morgan fingerprint density at radius 2 is 1.86 bits per heavy atom. The average Bonchev–Trinajstić information content (AvgIpc) is 3.15. The maximum absolute atomic E-state index is 12.3. The summed E-state index contributed by atoms with van der Waals surface area (Å²) in [4.78, 5) is 36.7. The van der Waals surface area contributed by atoms with Crippen LogP contribution in [0.4, 0.5) is 5.69 Å². The molecule has 1 aromatic heterocycles. The smallest absolute Gasteiger partial charge is 0.351 e. The summed E-state index contributed by atoms with van der Waals surface area (Å²) in [5.41, 5.74) is -0.284. The lowest BCUT2D eigenvalue weighted by Crippen LogP contribution is -2.31. The molecule has 1 N–H and O–H groups in total. The van der Waals surface area contributed by atoms with Crippen molar-refractivity contribution < 1.29 is 28.2 Å². The summed E-state index contributed by atoms with van der Waals surface area (Å²) >= 11 is 0. The average molecular weight is 381 g/mol. The Morgan fingerprint density at radius 3 is 2.71 bits per heavy atom. The van der Waals surface area contributed by atoms with Crippen molar-refractivity contribution in [3.8, 4) is 11.5 Å². The molecule has 8 heteroatoms. The number of carbonyl (C=O) groups excluding carboxylic acids is 2. The predicted molar refractivity (Wildman–Crippen MR) is 98.6 cm³/mol. The molecule has 0 unspecified atom stereocenters. The molecule has 0 saturated carbocycles. The van der Waals surface area contributed by atoms with Crippen LogP contribution in [-0.2, 0) is 9.53 Å². The lowest BCUT2D eigenvalue weighted by atomic mass is 10.2. The second kappa shape index (κ2) is 7.07. The molecule has 1 aliphatic rings. The van der Waals surface area contributed by atoms with E-state index in [1.165, 1.54) is 13.0 Å². The first-order valence-corrected chi connectivity index (χ1v) is 8.45. The van der Waals surface area contributed by atoms with Gasteiger partial charge in [0.05, 0.1) is 0 Å². The number of anilines is 1. The Hall–Kier alpha value is -3.81. The fraction of sp³-hybridized carbons (Fsp3) is 0.150. The van der Waals surface area contributed by atoms with Gasteiger partial charge in [0.25, 0.3) is 5.91 Å².